The Labute approximate surface area is 167 Å². The number of nitrogens with one attached hydrogen (secondary N) is 1. The van der Waals surface area contributed by atoms with Gasteiger partial charge in [-0.3, -0.25) is 9.59 Å². The van der Waals surface area contributed by atoms with E-state index in [1.807, 2.05) is 71.4 Å². The minimum atomic E-state index is -0.422. The second-order valence-electron chi connectivity index (χ2n) is 6.15. The highest BCUT2D eigenvalue weighted by atomic mass is 32.1. The Balaban J connectivity index is 1.65. The predicted molar refractivity (Wildman–Crippen MR) is 108 cm³/mol. The number of thiophene rings is 1. The Morgan fingerprint density at radius 1 is 1.00 bits per heavy atom. The van der Waals surface area contributed by atoms with Gasteiger partial charge in [0.2, 0.25) is 0 Å². The zero-order valence-electron chi connectivity index (χ0n) is 15.5. The highest BCUT2D eigenvalue weighted by molar-refractivity contribution is 7.08. The second kappa shape index (κ2) is 9.71. The first-order valence-corrected chi connectivity index (χ1v) is 9.75. The normalized spacial score (nSPS) is 11.5. The Morgan fingerprint density at radius 3 is 2.36 bits per heavy atom. The van der Waals surface area contributed by atoms with E-state index in [0.717, 1.165) is 22.4 Å². The molecule has 0 spiro atoms. The summed E-state index contributed by atoms with van der Waals surface area (Å²) >= 11 is 1.52. The third-order valence-electron chi connectivity index (χ3n) is 4.18. The molecule has 0 saturated heterocycles. The van der Waals surface area contributed by atoms with Gasteiger partial charge in [-0.2, -0.15) is 11.3 Å². The van der Waals surface area contributed by atoms with Crippen molar-refractivity contribution in [3.05, 3.63) is 88.1 Å². The SMILES string of the molecule is COc1ccc([C@@H](NC(=O)COC(=O)Cc2ccsc2)c2ccccc2)cc1. The second-order valence-corrected chi connectivity index (χ2v) is 6.93. The van der Waals surface area contributed by atoms with Crippen LogP contribution in [0, 0.1) is 0 Å². The molecule has 1 amide bonds. The first kappa shape index (κ1) is 19.6. The van der Waals surface area contributed by atoms with Crippen molar-refractivity contribution in [1.29, 1.82) is 0 Å². The fourth-order valence-corrected chi connectivity index (χ4v) is 3.43. The first-order chi connectivity index (χ1) is 13.7. The summed E-state index contributed by atoms with van der Waals surface area (Å²) in [5, 5.41) is 6.73. The zero-order chi connectivity index (χ0) is 19.8. The molecule has 28 heavy (non-hydrogen) atoms. The van der Waals surface area contributed by atoms with Crippen LogP contribution in [0.4, 0.5) is 0 Å². The van der Waals surface area contributed by atoms with Gasteiger partial charge in [-0.15, -0.1) is 0 Å². The maximum atomic E-state index is 12.4. The van der Waals surface area contributed by atoms with Gasteiger partial charge in [0.25, 0.3) is 5.91 Å². The topological polar surface area (TPSA) is 64.6 Å². The molecule has 0 fully saturated rings. The van der Waals surface area contributed by atoms with E-state index in [9.17, 15) is 9.59 Å². The van der Waals surface area contributed by atoms with Gasteiger partial charge in [-0.25, -0.2) is 0 Å². The standard InChI is InChI=1S/C22H21NO4S/c1-26-19-9-7-18(8-10-19)22(17-5-3-2-4-6-17)23-20(24)14-27-21(25)13-16-11-12-28-15-16/h2-12,15,22H,13-14H2,1H3,(H,23,24)/t22-/m0/s1. The molecular formula is C22H21NO4S. The van der Waals surface area contributed by atoms with Gasteiger partial charge < -0.3 is 14.8 Å². The van der Waals surface area contributed by atoms with Gasteiger partial charge >= 0.3 is 5.97 Å². The lowest BCUT2D eigenvalue weighted by Gasteiger charge is -2.20. The van der Waals surface area contributed by atoms with E-state index in [1.54, 1.807) is 7.11 Å². The molecule has 0 aliphatic carbocycles. The number of esters is 1. The maximum Gasteiger partial charge on any atom is 0.310 e. The van der Waals surface area contributed by atoms with Crippen LogP contribution < -0.4 is 10.1 Å². The molecule has 0 aliphatic rings. The third kappa shape index (κ3) is 5.44. The number of carbonyl (C=O) groups excluding carboxylic acids is 2. The van der Waals surface area contributed by atoms with Gasteiger partial charge in [0.1, 0.15) is 5.75 Å². The van der Waals surface area contributed by atoms with Crippen molar-refractivity contribution in [2.24, 2.45) is 0 Å². The van der Waals surface area contributed by atoms with Crippen LogP contribution >= 0.6 is 11.3 Å². The number of benzene rings is 2. The molecule has 0 radical (unpaired) electrons. The number of carbonyl (C=O) groups is 2. The lowest BCUT2D eigenvalue weighted by molar-refractivity contribution is -0.148. The number of hydrogen-bond acceptors (Lipinski definition) is 5. The van der Waals surface area contributed by atoms with Crippen LogP contribution in [-0.2, 0) is 20.7 Å². The minimum absolute atomic E-state index is 0.164. The molecule has 2 aromatic carbocycles. The molecule has 0 unspecified atom stereocenters. The molecule has 3 rings (SSSR count). The van der Waals surface area contributed by atoms with Crippen LogP contribution in [0.5, 0.6) is 5.75 Å². The summed E-state index contributed by atoms with van der Waals surface area (Å²) in [5.41, 5.74) is 2.73. The van der Waals surface area contributed by atoms with Crippen molar-refractivity contribution < 1.29 is 19.1 Å². The average Bonchev–Trinajstić information content (AvgIpc) is 3.24. The smallest absolute Gasteiger partial charge is 0.310 e. The fraction of sp³-hybridized carbons (Fsp3) is 0.182. The Morgan fingerprint density at radius 2 is 1.71 bits per heavy atom. The van der Waals surface area contributed by atoms with E-state index < -0.39 is 5.97 Å². The predicted octanol–water partition coefficient (Wildman–Crippen LogP) is 3.75. The molecule has 5 nitrogen and oxygen atoms in total. The molecule has 144 valence electrons. The van der Waals surface area contributed by atoms with E-state index in [4.69, 9.17) is 9.47 Å². The van der Waals surface area contributed by atoms with Gasteiger partial charge in [0, 0.05) is 0 Å². The molecule has 1 atom stereocenters. The fourth-order valence-electron chi connectivity index (χ4n) is 2.76. The van der Waals surface area contributed by atoms with Crippen molar-refractivity contribution >= 4 is 23.2 Å². The van der Waals surface area contributed by atoms with E-state index in [-0.39, 0.29) is 25.0 Å². The van der Waals surface area contributed by atoms with Crippen molar-refractivity contribution in [2.45, 2.75) is 12.5 Å². The van der Waals surface area contributed by atoms with Gasteiger partial charge in [0.05, 0.1) is 19.6 Å². The van der Waals surface area contributed by atoms with Crippen LogP contribution in [0.3, 0.4) is 0 Å². The molecular weight excluding hydrogens is 374 g/mol. The van der Waals surface area contributed by atoms with Crippen LogP contribution in [0.25, 0.3) is 0 Å². The summed E-state index contributed by atoms with van der Waals surface area (Å²) in [6, 6.07) is 18.6. The zero-order valence-corrected chi connectivity index (χ0v) is 16.3. The summed E-state index contributed by atoms with van der Waals surface area (Å²) in [4.78, 5) is 24.3. The van der Waals surface area contributed by atoms with Crippen LogP contribution in [-0.4, -0.2) is 25.6 Å². The van der Waals surface area contributed by atoms with Crippen molar-refractivity contribution in [3.8, 4) is 5.75 Å². The number of methoxy groups -OCH3 is 1. The van der Waals surface area contributed by atoms with Gasteiger partial charge in [-0.05, 0) is 45.6 Å². The molecule has 6 heteroatoms. The van der Waals surface area contributed by atoms with E-state index >= 15 is 0 Å². The quantitative estimate of drug-likeness (QED) is 0.590. The largest absolute Gasteiger partial charge is 0.497 e. The van der Waals surface area contributed by atoms with Crippen molar-refractivity contribution in [1.82, 2.24) is 5.32 Å². The summed E-state index contributed by atoms with van der Waals surface area (Å²) in [6.45, 7) is -0.317. The summed E-state index contributed by atoms with van der Waals surface area (Å²) in [5.74, 6) is -0.0400. The Hall–Kier alpha value is -3.12. The number of amides is 1. The Kier molecular flexibility index (Phi) is 6.81. The summed E-state index contributed by atoms with van der Waals surface area (Å²) < 4.78 is 10.3. The van der Waals surface area contributed by atoms with Crippen LogP contribution in [0.1, 0.15) is 22.7 Å². The first-order valence-electron chi connectivity index (χ1n) is 8.80. The molecule has 1 aromatic heterocycles. The monoisotopic (exact) mass is 395 g/mol. The highest BCUT2D eigenvalue weighted by Crippen LogP contribution is 2.24. The van der Waals surface area contributed by atoms with Crippen molar-refractivity contribution in [3.63, 3.8) is 0 Å². The summed E-state index contributed by atoms with van der Waals surface area (Å²) in [6.07, 6.45) is 0.164. The lowest BCUT2D eigenvalue weighted by atomic mass is 9.98. The van der Waals surface area contributed by atoms with Gasteiger partial charge in [0.15, 0.2) is 6.61 Å². The van der Waals surface area contributed by atoms with Crippen LogP contribution in [0.2, 0.25) is 0 Å². The van der Waals surface area contributed by atoms with E-state index in [2.05, 4.69) is 5.32 Å². The van der Waals surface area contributed by atoms with Gasteiger partial charge in [-0.1, -0.05) is 42.5 Å². The maximum absolute atomic E-state index is 12.4. The molecule has 3 aromatic rings. The van der Waals surface area contributed by atoms with Crippen LogP contribution in [0.15, 0.2) is 71.4 Å². The molecule has 0 aliphatic heterocycles. The Bertz CT molecular complexity index is 892. The molecule has 1 N–H and O–H groups in total. The van der Waals surface area contributed by atoms with E-state index in [0.29, 0.717) is 0 Å². The lowest BCUT2D eigenvalue weighted by Crippen LogP contribution is -2.33. The van der Waals surface area contributed by atoms with Crippen molar-refractivity contribution in [2.75, 3.05) is 13.7 Å². The third-order valence-corrected chi connectivity index (χ3v) is 4.91. The molecule has 0 saturated carbocycles. The molecule has 1 heterocycles. The minimum Gasteiger partial charge on any atom is -0.497 e. The number of ether oxygens (including phenoxy) is 2. The van der Waals surface area contributed by atoms with E-state index in [1.165, 1.54) is 11.3 Å². The average molecular weight is 395 g/mol. The summed E-state index contributed by atoms with van der Waals surface area (Å²) in [7, 11) is 1.61. The number of rotatable bonds is 8. The molecule has 0 bridgehead atoms. The number of hydrogen-bond donors (Lipinski definition) is 1. The highest BCUT2D eigenvalue weighted by Gasteiger charge is 2.18.